The fraction of sp³-hybridized carbons (Fsp3) is 0.500. The zero-order valence-electron chi connectivity index (χ0n) is 10.8. The summed E-state index contributed by atoms with van der Waals surface area (Å²) in [7, 11) is 0. The van der Waals surface area contributed by atoms with Gasteiger partial charge in [-0.2, -0.15) is 0 Å². The normalized spacial score (nSPS) is 28.4. The van der Waals surface area contributed by atoms with E-state index in [4.69, 9.17) is 23.2 Å². The lowest BCUT2D eigenvalue weighted by Crippen LogP contribution is -2.39. The predicted molar refractivity (Wildman–Crippen MR) is 85.4 cm³/mol. The van der Waals surface area contributed by atoms with Gasteiger partial charge < -0.3 is 10.6 Å². The minimum atomic E-state index is -0.127. The van der Waals surface area contributed by atoms with Gasteiger partial charge in [0.1, 0.15) is 0 Å². The highest BCUT2D eigenvalue weighted by atomic mass is 79.9. The van der Waals surface area contributed by atoms with Crippen molar-refractivity contribution < 1.29 is 4.79 Å². The van der Waals surface area contributed by atoms with Gasteiger partial charge in [0.05, 0.1) is 21.8 Å². The summed E-state index contributed by atoms with van der Waals surface area (Å²) in [5.41, 5.74) is 0.491. The van der Waals surface area contributed by atoms with E-state index >= 15 is 0 Å². The second-order valence-corrected chi connectivity index (χ2v) is 7.20. The highest BCUT2D eigenvalue weighted by molar-refractivity contribution is 9.10. The van der Waals surface area contributed by atoms with Crippen molar-refractivity contribution in [3.05, 3.63) is 26.7 Å². The summed E-state index contributed by atoms with van der Waals surface area (Å²) in [5, 5.41) is 7.08. The lowest BCUT2D eigenvalue weighted by Gasteiger charge is -2.19. The van der Waals surface area contributed by atoms with Gasteiger partial charge in [0.25, 0.3) is 0 Å². The minimum absolute atomic E-state index is 0.0366. The number of halogens is 3. The SMILES string of the molecule is O=C(Nc1c(Cl)cc(Br)cc1Cl)C1NCC2CCCC21. The van der Waals surface area contributed by atoms with Crippen molar-refractivity contribution in [3.8, 4) is 0 Å². The van der Waals surface area contributed by atoms with Gasteiger partial charge in [0.15, 0.2) is 0 Å². The van der Waals surface area contributed by atoms with Crippen molar-refractivity contribution in [1.29, 1.82) is 0 Å². The Bertz CT molecular complexity index is 529. The predicted octanol–water partition coefficient (Wildman–Crippen LogP) is 4.08. The average molecular weight is 378 g/mol. The van der Waals surface area contributed by atoms with Crippen LogP contribution in [0.2, 0.25) is 10.0 Å². The topological polar surface area (TPSA) is 41.1 Å². The molecule has 2 N–H and O–H groups in total. The lowest BCUT2D eigenvalue weighted by molar-refractivity contribution is -0.118. The molecule has 1 saturated carbocycles. The number of hydrogen-bond acceptors (Lipinski definition) is 2. The Balaban J connectivity index is 1.76. The van der Waals surface area contributed by atoms with Crippen LogP contribution >= 0.6 is 39.1 Å². The van der Waals surface area contributed by atoms with Gasteiger partial charge in [0, 0.05) is 4.47 Å². The zero-order valence-corrected chi connectivity index (χ0v) is 13.9. The Morgan fingerprint density at radius 3 is 2.70 bits per heavy atom. The Labute approximate surface area is 136 Å². The van der Waals surface area contributed by atoms with Gasteiger partial charge in [-0.15, -0.1) is 0 Å². The van der Waals surface area contributed by atoms with Crippen molar-refractivity contribution in [2.45, 2.75) is 25.3 Å². The van der Waals surface area contributed by atoms with Crippen molar-refractivity contribution in [1.82, 2.24) is 5.32 Å². The van der Waals surface area contributed by atoms with Crippen LogP contribution in [0.1, 0.15) is 19.3 Å². The van der Waals surface area contributed by atoms with Gasteiger partial charge in [-0.1, -0.05) is 45.6 Å². The molecular formula is C14H15BrCl2N2O. The van der Waals surface area contributed by atoms with Crippen LogP contribution in [0, 0.1) is 11.8 Å². The van der Waals surface area contributed by atoms with Crippen LogP contribution in [0.4, 0.5) is 5.69 Å². The molecule has 3 nitrogen and oxygen atoms in total. The summed E-state index contributed by atoms with van der Waals surface area (Å²) < 4.78 is 0.792. The first-order valence-electron chi connectivity index (χ1n) is 6.75. The fourth-order valence-corrected chi connectivity index (χ4v) is 4.64. The Hall–Kier alpha value is -0.290. The molecule has 1 aromatic rings. The van der Waals surface area contributed by atoms with Gasteiger partial charge in [0.2, 0.25) is 5.91 Å². The van der Waals surface area contributed by atoms with Gasteiger partial charge >= 0.3 is 0 Å². The second-order valence-electron chi connectivity index (χ2n) is 5.47. The lowest BCUT2D eigenvalue weighted by atomic mass is 9.93. The van der Waals surface area contributed by atoms with Crippen molar-refractivity contribution in [2.24, 2.45) is 11.8 Å². The van der Waals surface area contributed by atoms with Gasteiger partial charge in [-0.3, -0.25) is 4.79 Å². The van der Waals surface area contributed by atoms with E-state index in [0.717, 1.165) is 17.4 Å². The van der Waals surface area contributed by atoms with Crippen LogP contribution in [-0.2, 0) is 4.79 Å². The quantitative estimate of drug-likeness (QED) is 0.815. The molecule has 0 radical (unpaired) electrons. The smallest absolute Gasteiger partial charge is 0.241 e. The molecule has 6 heteroatoms. The van der Waals surface area contributed by atoms with Crippen LogP contribution in [0.3, 0.4) is 0 Å². The molecule has 1 saturated heterocycles. The maximum atomic E-state index is 12.4. The largest absolute Gasteiger partial charge is 0.322 e. The molecule has 0 bridgehead atoms. The number of carbonyl (C=O) groups is 1. The number of amides is 1. The molecule has 2 fully saturated rings. The van der Waals surface area contributed by atoms with E-state index in [1.165, 1.54) is 12.8 Å². The number of carbonyl (C=O) groups excluding carboxylic acids is 1. The Kier molecular flexibility index (Phi) is 4.27. The summed E-state index contributed by atoms with van der Waals surface area (Å²) in [5.74, 6) is 1.05. The first-order valence-corrected chi connectivity index (χ1v) is 8.30. The van der Waals surface area contributed by atoms with Gasteiger partial charge in [-0.25, -0.2) is 0 Å². The highest BCUT2D eigenvalue weighted by Crippen LogP contribution is 2.39. The molecule has 1 heterocycles. The minimum Gasteiger partial charge on any atom is -0.322 e. The van der Waals surface area contributed by atoms with E-state index in [-0.39, 0.29) is 11.9 Å². The van der Waals surface area contributed by atoms with E-state index in [9.17, 15) is 4.79 Å². The summed E-state index contributed by atoms with van der Waals surface area (Å²) in [6, 6.07) is 3.32. The molecule has 0 spiro atoms. The van der Waals surface area contributed by atoms with E-state index in [1.807, 2.05) is 0 Å². The van der Waals surface area contributed by atoms with E-state index in [0.29, 0.717) is 27.6 Å². The zero-order chi connectivity index (χ0) is 14.3. The Morgan fingerprint density at radius 1 is 1.30 bits per heavy atom. The third-order valence-electron chi connectivity index (χ3n) is 4.28. The molecule has 2 aliphatic rings. The number of anilines is 1. The molecular weight excluding hydrogens is 363 g/mol. The fourth-order valence-electron chi connectivity index (χ4n) is 3.34. The molecule has 20 heavy (non-hydrogen) atoms. The number of benzene rings is 1. The number of nitrogens with one attached hydrogen (secondary N) is 2. The summed E-state index contributed by atoms with van der Waals surface area (Å²) in [6.07, 6.45) is 3.57. The molecule has 3 atom stereocenters. The van der Waals surface area contributed by atoms with Crippen molar-refractivity contribution in [2.75, 3.05) is 11.9 Å². The molecule has 0 aromatic heterocycles. The molecule has 1 aliphatic carbocycles. The van der Waals surface area contributed by atoms with E-state index in [1.54, 1.807) is 12.1 Å². The third kappa shape index (κ3) is 2.71. The molecule has 1 amide bonds. The van der Waals surface area contributed by atoms with Crippen LogP contribution in [0.15, 0.2) is 16.6 Å². The number of hydrogen-bond donors (Lipinski definition) is 2. The molecule has 3 rings (SSSR count). The second kappa shape index (κ2) is 5.84. The van der Waals surface area contributed by atoms with Crippen LogP contribution in [0.25, 0.3) is 0 Å². The van der Waals surface area contributed by atoms with E-state index in [2.05, 4.69) is 26.6 Å². The van der Waals surface area contributed by atoms with E-state index < -0.39 is 0 Å². The summed E-state index contributed by atoms with van der Waals surface area (Å²) in [6.45, 7) is 0.935. The molecule has 3 unspecified atom stereocenters. The highest BCUT2D eigenvalue weighted by Gasteiger charge is 2.42. The summed E-state index contributed by atoms with van der Waals surface area (Å²) in [4.78, 5) is 12.4. The third-order valence-corrected chi connectivity index (χ3v) is 5.34. The Morgan fingerprint density at radius 2 is 2.00 bits per heavy atom. The summed E-state index contributed by atoms with van der Waals surface area (Å²) >= 11 is 15.6. The van der Waals surface area contributed by atoms with Crippen LogP contribution in [0.5, 0.6) is 0 Å². The molecule has 1 aliphatic heterocycles. The number of rotatable bonds is 2. The van der Waals surface area contributed by atoms with Crippen LogP contribution in [-0.4, -0.2) is 18.5 Å². The standard InChI is InChI=1S/C14H15BrCl2N2O/c15-8-4-10(16)13(11(17)5-8)19-14(20)12-9-3-1-2-7(9)6-18-12/h4-5,7,9,12,18H,1-3,6H2,(H,19,20). The van der Waals surface area contributed by atoms with Gasteiger partial charge in [-0.05, 0) is 43.4 Å². The molecule has 108 valence electrons. The first-order chi connectivity index (χ1) is 9.56. The monoisotopic (exact) mass is 376 g/mol. The molecule has 1 aromatic carbocycles. The first kappa shape index (κ1) is 14.6. The van der Waals surface area contributed by atoms with Crippen molar-refractivity contribution in [3.63, 3.8) is 0 Å². The van der Waals surface area contributed by atoms with Crippen molar-refractivity contribution >= 4 is 50.7 Å². The number of fused-ring (bicyclic) bond motifs is 1. The maximum absolute atomic E-state index is 12.4. The maximum Gasteiger partial charge on any atom is 0.241 e. The average Bonchev–Trinajstić information content (AvgIpc) is 2.95. The van der Waals surface area contributed by atoms with Crippen LogP contribution < -0.4 is 10.6 Å².